The summed E-state index contributed by atoms with van der Waals surface area (Å²) in [5.74, 6) is 0. The van der Waals surface area contributed by atoms with Gasteiger partial charge in [0.25, 0.3) is 0 Å². The van der Waals surface area contributed by atoms with Crippen LogP contribution in [0.3, 0.4) is 0 Å². The Balaban J connectivity index is 1.94. The molecule has 2 rings (SSSR count). The first-order chi connectivity index (χ1) is 7.88. The minimum atomic E-state index is 0.596. The van der Waals surface area contributed by atoms with E-state index in [1.54, 1.807) is 0 Å². The number of hydrogen-bond acceptors (Lipinski definition) is 2. The van der Waals surface area contributed by atoms with E-state index in [-0.39, 0.29) is 0 Å². The summed E-state index contributed by atoms with van der Waals surface area (Å²) in [5, 5.41) is 3.37. The van der Waals surface area contributed by atoms with Gasteiger partial charge in [0.05, 0.1) is 0 Å². The van der Waals surface area contributed by atoms with Crippen molar-refractivity contribution in [3.8, 4) is 0 Å². The summed E-state index contributed by atoms with van der Waals surface area (Å²) >= 11 is 0. The van der Waals surface area contributed by atoms with Crippen LogP contribution in [0.15, 0.2) is 54.6 Å². The maximum Gasteiger partial charge on any atom is 0.0400 e. The predicted molar refractivity (Wildman–Crippen MR) is 68.1 cm³/mol. The lowest BCUT2D eigenvalue weighted by molar-refractivity contribution is 1.07. The Bertz CT molecular complexity index is 420. The lowest BCUT2D eigenvalue weighted by Crippen LogP contribution is -2.00. The van der Waals surface area contributed by atoms with Crippen LogP contribution in [-0.2, 0) is 13.1 Å². The molecule has 82 valence electrons. The summed E-state index contributed by atoms with van der Waals surface area (Å²) in [6.45, 7) is 1.45. The summed E-state index contributed by atoms with van der Waals surface area (Å²) < 4.78 is 0. The second-order valence-corrected chi connectivity index (χ2v) is 3.74. The molecule has 0 aliphatic carbocycles. The molecule has 0 fully saturated rings. The molecule has 0 aromatic heterocycles. The van der Waals surface area contributed by atoms with Crippen molar-refractivity contribution in [1.82, 2.24) is 0 Å². The van der Waals surface area contributed by atoms with E-state index >= 15 is 0 Å². The van der Waals surface area contributed by atoms with E-state index in [1.807, 2.05) is 18.2 Å². The quantitative estimate of drug-likeness (QED) is 0.817. The fourth-order valence-corrected chi connectivity index (χ4v) is 1.56. The van der Waals surface area contributed by atoms with Crippen LogP contribution in [0.25, 0.3) is 0 Å². The van der Waals surface area contributed by atoms with Crippen molar-refractivity contribution < 1.29 is 0 Å². The van der Waals surface area contributed by atoms with Gasteiger partial charge in [0, 0.05) is 18.8 Å². The lowest BCUT2D eigenvalue weighted by Gasteiger charge is -2.07. The molecule has 0 atom stereocenters. The number of nitrogens with two attached hydrogens (primary N) is 1. The molecule has 0 aliphatic rings. The summed E-state index contributed by atoms with van der Waals surface area (Å²) in [6.07, 6.45) is 0. The Morgan fingerprint density at radius 3 is 2.12 bits per heavy atom. The number of benzene rings is 2. The number of hydrogen-bond donors (Lipinski definition) is 2. The van der Waals surface area contributed by atoms with Crippen molar-refractivity contribution in [3.05, 3.63) is 65.7 Å². The van der Waals surface area contributed by atoms with Crippen molar-refractivity contribution in [2.75, 3.05) is 5.32 Å². The smallest absolute Gasteiger partial charge is 0.0400 e. The molecule has 0 heterocycles. The van der Waals surface area contributed by atoms with Crippen LogP contribution < -0.4 is 11.1 Å². The predicted octanol–water partition coefficient (Wildman–Crippen LogP) is 2.76. The Morgan fingerprint density at radius 1 is 0.812 bits per heavy atom. The second-order valence-electron chi connectivity index (χ2n) is 3.74. The minimum absolute atomic E-state index is 0.596. The standard InChI is InChI=1S/C14H16N2/c15-10-12-6-8-14(9-7-12)16-11-13-4-2-1-3-5-13/h1-9,16H,10-11,15H2. The van der Waals surface area contributed by atoms with E-state index < -0.39 is 0 Å². The zero-order chi connectivity index (χ0) is 11.2. The van der Waals surface area contributed by atoms with Crippen molar-refractivity contribution in [3.63, 3.8) is 0 Å². The van der Waals surface area contributed by atoms with Gasteiger partial charge in [-0.3, -0.25) is 0 Å². The lowest BCUT2D eigenvalue weighted by atomic mass is 10.2. The third-order valence-corrected chi connectivity index (χ3v) is 2.53. The third-order valence-electron chi connectivity index (χ3n) is 2.53. The molecule has 0 bridgehead atoms. The van der Waals surface area contributed by atoms with Gasteiger partial charge in [-0.25, -0.2) is 0 Å². The number of nitrogens with one attached hydrogen (secondary N) is 1. The number of rotatable bonds is 4. The van der Waals surface area contributed by atoms with Crippen LogP contribution in [0.1, 0.15) is 11.1 Å². The zero-order valence-electron chi connectivity index (χ0n) is 9.19. The van der Waals surface area contributed by atoms with Gasteiger partial charge in [0.1, 0.15) is 0 Å². The highest BCUT2D eigenvalue weighted by atomic mass is 14.9. The maximum absolute atomic E-state index is 5.54. The molecule has 0 aliphatic heterocycles. The fraction of sp³-hybridized carbons (Fsp3) is 0.143. The Hall–Kier alpha value is -1.80. The average Bonchev–Trinajstić information content (AvgIpc) is 2.38. The summed E-state index contributed by atoms with van der Waals surface area (Å²) in [4.78, 5) is 0. The Morgan fingerprint density at radius 2 is 1.50 bits per heavy atom. The molecule has 3 N–H and O–H groups in total. The van der Waals surface area contributed by atoms with Gasteiger partial charge in [0.15, 0.2) is 0 Å². The molecule has 2 heteroatoms. The average molecular weight is 212 g/mol. The Labute approximate surface area is 96.1 Å². The van der Waals surface area contributed by atoms with Gasteiger partial charge in [-0.1, -0.05) is 42.5 Å². The molecule has 0 amide bonds. The van der Waals surface area contributed by atoms with E-state index in [2.05, 4.69) is 41.7 Å². The zero-order valence-corrected chi connectivity index (χ0v) is 9.19. The van der Waals surface area contributed by atoms with Crippen LogP contribution in [0.2, 0.25) is 0 Å². The van der Waals surface area contributed by atoms with E-state index in [1.165, 1.54) is 5.56 Å². The first-order valence-electron chi connectivity index (χ1n) is 5.45. The van der Waals surface area contributed by atoms with Crippen LogP contribution >= 0.6 is 0 Å². The highest BCUT2D eigenvalue weighted by Crippen LogP contribution is 2.10. The largest absolute Gasteiger partial charge is 0.381 e. The molecule has 2 aromatic carbocycles. The molecule has 0 radical (unpaired) electrons. The van der Waals surface area contributed by atoms with Gasteiger partial charge in [-0.15, -0.1) is 0 Å². The summed E-state index contributed by atoms with van der Waals surface area (Å²) in [5.41, 5.74) is 9.11. The molecule has 0 spiro atoms. The molecule has 0 unspecified atom stereocenters. The fourth-order valence-electron chi connectivity index (χ4n) is 1.56. The molecule has 2 nitrogen and oxygen atoms in total. The van der Waals surface area contributed by atoms with Crippen LogP contribution in [0.4, 0.5) is 5.69 Å². The van der Waals surface area contributed by atoms with Gasteiger partial charge >= 0.3 is 0 Å². The first-order valence-corrected chi connectivity index (χ1v) is 5.45. The van der Waals surface area contributed by atoms with Crippen LogP contribution in [0.5, 0.6) is 0 Å². The van der Waals surface area contributed by atoms with Gasteiger partial charge < -0.3 is 11.1 Å². The van der Waals surface area contributed by atoms with Gasteiger partial charge in [0.2, 0.25) is 0 Å². The van der Waals surface area contributed by atoms with E-state index in [9.17, 15) is 0 Å². The molecular formula is C14H16N2. The Kier molecular flexibility index (Phi) is 3.57. The van der Waals surface area contributed by atoms with Crippen molar-refractivity contribution >= 4 is 5.69 Å². The van der Waals surface area contributed by atoms with Crippen molar-refractivity contribution in [2.24, 2.45) is 5.73 Å². The normalized spacial score (nSPS) is 10.1. The monoisotopic (exact) mass is 212 g/mol. The molecule has 2 aromatic rings. The molecule has 16 heavy (non-hydrogen) atoms. The molecule has 0 saturated heterocycles. The SMILES string of the molecule is NCc1ccc(NCc2ccccc2)cc1. The van der Waals surface area contributed by atoms with Crippen molar-refractivity contribution in [2.45, 2.75) is 13.1 Å². The summed E-state index contributed by atoms with van der Waals surface area (Å²) in [6, 6.07) is 18.6. The number of anilines is 1. The maximum atomic E-state index is 5.54. The highest BCUT2D eigenvalue weighted by molar-refractivity contribution is 5.45. The third kappa shape index (κ3) is 2.84. The highest BCUT2D eigenvalue weighted by Gasteiger charge is 1.93. The van der Waals surface area contributed by atoms with Crippen LogP contribution in [0, 0.1) is 0 Å². The second kappa shape index (κ2) is 5.33. The summed E-state index contributed by atoms with van der Waals surface area (Å²) in [7, 11) is 0. The topological polar surface area (TPSA) is 38.0 Å². The van der Waals surface area contributed by atoms with Crippen molar-refractivity contribution in [1.29, 1.82) is 0 Å². The van der Waals surface area contributed by atoms with E-state index in [0.29, 0.717) is 6.54 Å². The molecule has 0 saturated carbocycles. The molecular weight excluding hydrogens is 196 g/mol. The minimum Gasteiger partial charge on any atom is -0.381 e. The van der Waals surface area contributed by atoms with E-state index in [4.69, 9.17) is 5.73 Å². The van der Waals surface area contributed by atoms with Crippen LogP contribution in [-0.4, -0.2) is 0 Å². The van der Waals surface area contributed by atoms with E-state index in [0.717, 1.165) is 17.8 Å². The first kappa shape index (κ1) is 10.7. The van der Waals surface area contributed by atoms with Gasteiger partial charge in [-0.05, 0) is 23.3 Å². The van der Waals surface area contributed by atoms with Gasteiger partial charge in [-0.2, -0.15) is 0 Å².